The van der Waals surface area contributed by atoms with Crippen molar-refractivity contribution in [1.82, 2.24) is 0 Å². The second-order valence-corrected chi connectivity index (χ2v) is 10.7. The third kappa shape index (κ3) is 4.45. The standard InChI is InChI=1S/C15H21NO2Si/c1-15(2,3)19(4,5)18-13-9-6-12(7-10-13)8-11-14(16)17/h6-7,9-10H,1-5H3,(H2,16,17). The molecule has 0 aliphatic heterocycles. The topological polar surface area (TPSA) is 52.3 Å². The first kappa shape index (κ1) is 15.3. The van der Waals surface area contributed by atoms with E-state index < -0.39 is 14.2 Å². The summed E-state index contributed by atoms with van der Waals surface area (Å²) in [5.41, 5.74) is 5.72. The molecule has 0 aliphatic rings. The molecule has 4 heteroatoms. The summed E-state index contributed by atoms with van der Waals surface area (Å²) in [6.07, 6.45) is 0. The Kier molecular flexibility index (Phi) is 4.43. The SMILES string of the molecule is CC(C)(C)[Si](C)(C)Oc1ccc(C#CC(N)=O)cc1. The Balaban J connectivity index is 2.84. The van der Waals surface area contributed by atoms with E-state index in [1.807, 2.05) is 24.3 Å². The van der Waals surface area contributed by atoms with Crippen molar-refractivity contribution in [3.63, 3.8) is 0 Å². The Bertz CT molecular complexity index is 516. The predicted octanol–water partition coefficient (Wildman–Crippen LogP) is 2.91. The smallest absolute Gasteiger partial charge is 0.293 e. The van der Waals surface area contributed by atoms with Crippen LogP contribution in [-0.2, 0) is 4.79 Å². The Morgan fingerprint density at radius 1 is 1.21 bits per heavy atom. The van der Waals surface area contributed by atoms with Crippen LogP contribution in [0.4, 0.5) is 0 Å². The summed E-state index contributed by atoms with van der Waals surface area (Å²) < 4.78 is 6.15. The van der Waals surface area contributed by atoms with Crippen molar-refractivity contribution in [2.75, 3.05) is 0 Å². The second-order valence-electron chi connectivity index (χ2n) is 6.00. The number of primary amides is 1. The van der Waals surface area contributed by atoms with E-state index >= 15 is 0 Å². The average Bonchev–Trinajstić information content (AvgIpc) is 2.26. The average molecular weight is 275 g/mol. The molecule has 2 N–H and O–H groups in total. The third-order valence-electron chi connectivity index (χ3n) is 3.36. The Morgan fingerprint density at radius 3 is 2.16 bits per heavy atom. The van der Waals surface area contributed by atoms with E-state index in [0.29, 0.717) is 0 Å². The van der Waals surface area contributed by atoms with Crippen LogP contribution in [0.15, 0.2) is 24.3 Å². The first-order valence-electron chi connectivity index (χ1n) is 6.22. The van der Waals surface area contributed by atoms with Gasteiger partial charge in [0.25, 0.3) is 5.91 Å². The molecule has 1 aromatic carbocycles. The molecule has 3 nitrogen and oxygen atoms in total. The lowest BCUT2D eigenvalue weighted by Gasteiger charge is -2.36. The lowest BCUT2D eigenvalue weighted by Crippen LogP contribution is -2.43. The van der Waals surface area contributed by atoms with Crippen LogP contribution < -0.4 is 10.2 Å². The van der Waals surface area contributed by atoms with Crippen LogP contribution in [0.3, 0.4) is 0 Å². The van der Waals surface area contributed by atoms with Gasteiger partial charge in [0, 0.05) is 5.56 Å². The predicted molar refractivity (Wildman–Crippen MR) is 80.3 cm³/mol. The fourth-order valence-electron chi connectivity index (χ4n) is 1.19. The molecule has 0 unspecified atom stereocenters. The van der Waals surface area contributed by atoms with Gasteiger partial charge in [-0.3, -0.25) is 4.79 Å². The summed E-state index contributed by atoms with van der Waals surface area (Å²) in [4.78, 5) is 10.6. The van der Waals surface area contributed by atoms with Crippen molar-refractivity contribution in [3.05, 3.63) is 29.8 Å². The molecule has 0 aliphatic carbocycles. The molecule has 0 bridgehead atoms. The monoisotopic (exact) mass is 275 g/mol. The van der Waals surface area contributed by atoms with Crippen molar-refractivity contribution in [3.8, 4) is 17.6 Å². The van der Waals surface area contributed by atoms with Crippen molar-refractivity contribution >= 4 is 14.2 Å². The van der Waals surface area contributed by atoms with E-state index in [1.54, 1.807) is 0 Å². The van der Waals surface area contributed by atoms with Crippen LogP contribution in [0.2, 0.25) is 18.1 Å². The fraction of sp³-hybridized carbons (Fsp3) is 0.400. The van der Waals surface area contributed by atoms with Gasteiger partial charge in [0.1, 0.15) is 5.75 Å². The van der Waals surface area contributed by atoms with Gasteiger partial charge in [-0.15, -0.1) is 0 Å². The highest BCUT2D eigenvalue weighted by molar-refractivity contribution is 6.74. The molecule has 1 amide bonds. The van der Waals surface area contributed by atoms with Gasteiger partial charge in [0.15, 0.2) is 0 Å². The van der Waals surface area contributed by atoms with Crippen LogP contribution in [0.5, 0.6) is 5.75 Å². The molecule has 0 spiro atoms. The quantitative estimate of drug-likeness (QED) is 0.666. The van der Waals surface area contributed by atoms with E-state index in [4.69, 9.17) is 10.2 Å². The molecule has 0 fully saturated rings. The highest BCUT2D eigenvalue weighted by atomic mass is 28.4. The molecule has 0 radical (unpaired) electrons. The summed E-state index contributed by atoms with van der Waals surface area (Å²) in [6, 6.07) is 7.42. The van der Waals surface area contributed by atoms with E-state index in [0.717, 1.165) is 11.3 Å². The zero-order valence-electron chi connectivity index (χ0n) is 12.2. The molecule has 0 saturated heterocycles. The molecule has 0 heterocycles. The first-order valence-corrected chi connectivity index (χ1v) is 9.13. The maximum absolute atomic E-state index is 10.6. The molecule has 0 atom stereocenters. The number of carbonyl (C=O) groups excluding carboxylic acids is 1. The molecule has 102 valence electrons. The summed E-state index contributed by atoms with van der Waals surface area (Å²) in [7, 11) is -1.81. The molecule has 19 heavy (non-hydrogen) atoms. The van der Waals surface area contributed by atoms with Crippen LogP contribution >= 0.6 is 0 Å². The molecular weight excluding hydrogens is 254 g/mol. The lowest BCUT2D eigenvalue weighted by molar-refractivity contribution is -0.112. The van der Waals surface area contributed by atoms with Crippen LogP contribution in [-0.4, -0.2) is 14.2 Å². The summed E-state index contributed by atoms with van der Waals surface area (Å²) in [5, 5.41) is 0.164. The Labute approximate surface area is 116 Å². The maximum atomic E-state index is 10.6. The molecular formula is C15H21NO2Si. The normalized spacial score (nSPS) is 11.4. The second kappa shape index (κ2) is 5.50. The largest absolute Gasteiger partial charge is 0.544 e. The number of amides is 1. The summed E-state index contributed by atoms with van der Waals surface area (Å²) in [6.45, 7) is 11.0. The zero-order chi connectivity index (χ0) is 14.7. The Morgan fingerprint density at radius 2 is 1.74 bits per heavy atom. The van der Waals surface area contributed by atoms with Crippen molar-refractivity contribution < 1.29 is 9.22 Å². The summed E-state index contributed by atoms with van der Waals surface area (Å²) >= 11 is 0. The lowest BCUT2D eigenvalue weighted by atomic mass is 10.2. The molecule has 1 rings (SSSR count). The van der Waals surface area contributed by atoms with Crippen molar-refractivity contribution in [1.29, 1.82) is 0 Å². The fourth-order valence-corrected chi connectivity index (χ4v) is 2.22. The van der Waals surface area contributed by atoms with Crippen molar-refractivity contribution in [2.45, 2.75) is 38.9 Å². The molecule has 0 saturated carbocycles. The van der Waals surface area contributed by atoms with Gasteiger partial charge in [0.05, 0.1) is 0 Å². The van der Waals surface area contributed by atoms with Gasteiger partial charge in [-0.25, -0.2) is 0 Å². The number of carbonyl (C=O) groups is 1. The van der Waals surface area contributed by atoms with Gasteiger partial charge in [0.2, 0.25) is 8.32 Å². The first-order chi connectivity index (χ1) is 8.62. The Hall–Kier alpha value is -1.73. The van der Waals surface area contributed by atoms with Crippen molar-refractivity contribution in [2.24, 2.45) is 5.73 Å². The molecule has 1 aromatic rings. The van der Waals surface area contributed by atoms with Gasteiger partial charge >= 0.3 is 0 Å². The highest BCUT2D eigenvalue weighted by Crippen LogP contribution is 2.37. The third-order valence-corrected chi connectivity index (χ3v) is 7.72. The minimum absolute atomic E-state index is 0.164. The van der Waals surface area contributed by atoms with E-state index in [2.05, 4.69) is 45.7 Å². The van der Waals surface area contributed by atoms with E-state index in [-0.39, 0.29) is 5.04 Å². The molecule has 0 aromatic heterocycles. The maximum Gasteiger partial charge on any atom is 0.293 e. The van der Waals surface area contributed by atoms with Crippen LogP contribution in [0, 0.1) is 11.8 Å². The number of nitrogens with two attached hydrogens (primary N) is 1. The van der Waals surface area contributed by atoms with Gasteiger partial charge in [-0.1, -0.05) is 26.7 Å². The van der Waals surface area contributed by atoms with E-state index in [9.17, 15) is 4.79 Å². The van der Waals surface area contributed by atoms with Gasteiger partial charge in [-0.05, 0) is 48.3 Å². The van der Waals surface area contributed by atoms with Crippen LogP contribution in [0.25, 0.3) is 0 Å². The minimum Gasteiger partial charge on any atom is -0.544 e. The van der Waals surface area contributed by atoms with Crippen LogP contribution in [0.1, 0.15) is 26.3 Å². The number of hydrogen-bond donors (Lipinski definition) is 1. The van der Waals surface area contributed by atoms with Gasteiger partial charge < -0.3 is 10.2 Å². The summed E-state index contributed by atoms with van der Waals surface area (Å²) in [5.74, 6) is 5.23. The van der Waals surface area contributed by atoms with Gasteiger partial charge in [-0.2, -0.15) is 0 Å². The number of rotatable bonds is 2. The highest BCUT2D eigenvalue weighted by Gasteiger charge is 2.38. The van der Waals surface area contributed by atoms with E-state index in [1.165, 1.54) is 0 Å². The minimum atomic E-state index is -1.81. The number of hydrogen-bond acceptors (Lipinski definition) is 2. The number of benzene rings is 1. The zero-order valence-corrected chi connectivity index (χ0v) is 13.2.